The Bertz CT molecular complexity index is 706. The van der Waals surface area contributed by atoms with Crippen LogP contribution in [0.3, 0.4) is 0 Å². The Labute approximate surface area is 159 Å². The number of anilines is 1. The van der Waals surface area contributed by atoms with E-state index < -0.39 is 11.7 Å². The predicted octanol–water partition coefficient (Wildman–Crippen LogP) is 5.58. The quantitative estimate of drug-likeness (QED) is 0.485. The summed E-state index contributed by atoms with van der Waals surface area (Å²) in [6, 6.07) is 12.6. The first kappa shape index (κ1) is 19.9. The number of rotatable bonds is 6. The summed E-state index contributed by atoms with van der Waals surface area (Å²) < 4.78 is 38.0. The minimum atomic E-state index is -4.37. The van der Waals surface area contributed by atoms with Gasteiger partial charge in [-0.1, -0.05) is 29.8 Å². The minimum absolute atomic E-state index is 0.298. The molecule has 0 atom stereocenters. The van der Waals surface area contributed by atoms with Crippen molar-refractivity contribution >= 4 is 46.4 Å². The van der Waals surface area contributed by atoms with E-state index in [-0.39, 0.29) is 0 Å². The van der Waals surface area contributed by atoms with Crippen LogP contribution in [0.4, 0.5) is 18.9 Å². The van der Waals surface area contributed by atoms with E-state index in [2.05, 4.69) is 10.6 Å². The number of halogens is 4. The molecule has 2 N–H and O–H groups in total. The first-order valence-corrected chi connectivity index (χ1v) is 9.33. The van der Waals surface area contributed by atoms with Crippen molar-refractivity contribution in [3.05, 3.63) is 64.7 Å². The number of hydrogen-bond donors (Lipinski definition) is 2. The maximum absolute atomic E-state index is 12.7. The molecule has 0 aromatic heterocycles. The van der Waals surface area contributed by atoms with Gasteiger partial charge in [0.2, 0.25) is 0 Å². The average Bonchev–Trinajstić information content (AvgIpc) is 2.56. The van der Waals surface area contributed by atoms with Crippen LogP contribution in [-0.4, -0.2) is 17.4 Å². The average molecular weight is 405 g/mol. The van der Waals surface area contributed by atoms with Crippen molar-refractivity contribution in [2.24, 2.45) is 0 Å². The van der Waals surface area contributed by atoms with E-state index in [0.29, 0.717) is 22.4 Å². The first-order valence-electron chi connectivity index (χ1n) is 7.39. The van der Waals surface area contributed by atoms with E-state index in [1.165, 1.54) is 11.6 Å². The second-order valence-corrected chi connectivity index (χ2v) is 7.09. The van der Waals surface area contributed by atoms with Crippen molar-refractivity contribution in [3.63, 3.8) is 0 Å². The molecule has 2 aromatic carbocycles. The molecule has 0 amide bonds. The van der Waals surface area contributed by atoms with Gasteiger partial charge < -0.3 is 10.6 Å². The van der Waals surface area contributed by atoms with Crippen LogP contribution in [0.1, 0.15) is 11.1 Å². The zero-order valence-electron chi connectivity index (χ0n) is 13.1. The molecule has 2 nitrogen and oxygen atoms in total. The molecule has 0 radical (unpaired) electrons. The van der Waals surface area contributed by atoms with Crippen molar-refractivity contribution in [1.29, 1.82) is 0 Å². The third-order valence-corrected chi connectivity index (χ3v) is 4.69. The van der Waals surface area contributed by atoms with Gasteiger partial charge in [0, 0.05) is 28.8 Å². The molecular formula is C17H16ClF3N2S2. The highest BCUT2D eigenvalue weighted by atomic mass is 35.5. The Kier molecular flexibility index (Phi) is 7.40. The molecule has 8 heteroatoms. The summed E-state index contributed by atoms with van der Waals surface area (Å²) in [7, 11) is 0. The molecule has 2 aromatic rings. The second-order valence-electron chi connectivity index (χ2n) is 5.14. The number of nitrogens with one attached hydrogen (secondary N) is 2. The van der Waals surface area contributed by atoms with Gasteiger partial charge in [0.1, 0.15) is 0 Å². The fourth-order valence-corrected chi connectivity index (χ4v) is 3.12. The third kappa shape index (κ3) is 7.13. The third-order valence-electron chi connectivity index (χ3n) is 3.16. The largest absolute Gasteiger partial charge is 0.416 e. The van der Waals surface area contributed by atoms with Crippen LogP contribution >= 0.6 is 35.6 Å². The lowest BCUT2D eigenvalue weighted by atomic mass is 10.2. The van der Waals surface area contributed by atoms with Crippen molar-refractivity contribution in [2.45, 2.75) is 11.9 Å². The van der Waals surface area contributed by atoms with E-state index in [9.17, 15) is 13.2 Å². The Balaban J connectivity index is 1.69. The smallest absolute Gasteiger partial charge is 0.362 e. The Morgan fingerprint density at radius 3 is 2.52 bits per heavy atom. The molecule has 0 fully saturated rings. The lowest BCUT2D eigenvalue weighted by molar-refractivity contribution is -0.137. The topological polar surface area (TPSA) is 24.1 Å². The zero-order chi connectivity index (χ0) is 18.3. The van der Waals surface area contributed by atoms with Crippen molar-refractivity contribution in [1.82, 2.24) is 5.32 Å². The number of alkyl halides is 3. The van der Waals surface area contributed by atoms with Crippen LogP contribution in [0.5, 0.6) is 0 Å². The van der Waals surface area contributed by atoms with Crippen LogP contribution in [-0.2, 0) is 11.9 Å². The highest BCUT2D eigenvalue weighted by Gasteiger charge is 2.30. The van der Waals surface area contributed by atoms with Gasteiger partial charge in [-0.15, -0.1) is 0 Å². The summed E-state index contributed by atoms with van der Waals surface area (Å²) in [5, 5.41) is 6.75. The molecule has 134 valence electrons. The summed E-state index contributed by atoms with van der Waals surface area (Å²) in [6.07, 6.45) is -4.37. The van der Waals surface area contributed by atoms with Crippen molar-refractivity contribution in [3.8, 4) is 0 Å². The van der Waals surface area contributed by atoms with Crippen LogP contribution < -0.4 is 10.6 Å². The monoisotopic (exact) mass is 404 g/mol. The summed E-state index contributed by atoms with van der Waals surface area (Å²) in [4.78, 5) is 0. The fourth-order valence-electron chi connectivity index (χ4n) is 1.96. The number of thioether (sulfide) groups is 1. The highest BCUT2D eigenvalue weighted by molar-refractivity contribution is 7.98. The molecular weight excluding hydrogens is 389 g/mol. The lowest BCUT2D eigenvalue weighted by Gasteiger charge is -2.12. The summed E-state index contributed by atoms with van der Waals surface area (Å²) in [5.74, 6) is 1.67. The van der Waals surface area contributed by atoms with E-state index >= 15 is 0 Å². The molecule has 0 bridgehead atoms. The van der Waals surface area contributed by atoms with E-state index in [1.54, 1.807) is 17.8 Å². The molecule has 0 saturated carbocycles. The zero-order valence-corrected chi connectivity index (χ0v) is 15.5. The van der Waals surface area contributed by atoms with Gasteiger partial charge in [-0.2, -0.15) is 24.9 Å². The molecule has 2 rings (SSSR count). The minimum Gasteiger partial charge on any atom is -0.362 e. The maximum atomic E-state index is 12.7. The maximum Gasteiger partial charge on any atom is 0.416 e. The summed E-state index contributed by atoms with van der Waals surface area (Å²) in [6.45, 7) is 0.614. The van der Waals surface area contributed by atoms with Crippen LogP contribution in [0.2, 0.25) is 5.02 Å². The van der Waals surface area contributed by atoms with Gasteiger partial charge in [-0.3, -0.25) is 0 Å². The Morgan fingerprint density at radius 1 is 1.12 bits per heavy atom. The molecule has 0 heterocycles. The standard InChI is InChI=1S/C17H16ClF3N2S2/c18-14-6-4-12(5-7-14)11-25-9-8-22-16(24)23-15-3-1-2-13(10-15)17(19,20)21/h1-7,10H,8-9,11H2,(H2,22,23,24). The predicted molar refractivity (Wildman–Crippen MR) is 103 cm³/mol. The number of benzene rings is 2. The van der Waals surface area contributed by atoms with E-state index in [1.807, 2.05) is 24.3 Å². The second kappa shape index (κ2) is 9.31. The summed E-state index contributed by atoms with van der Waals surface area (Å²) >= 11 is 12.7. The van der Waals surface area contributed by atoms with Gasteiger partial charge in [-0.25, -0.2) is 0 Å². The Hall–Kier alpha value is -1.44. The Morgan fingerprint density at radius 2 is 1.84 bits per heavy atom. The van der Waals surface area contributed by atoms with Crippen LogP contribution in [0.15, 0.2) is 48.5 Å². The highest BCUT2D eigenvalue weighted by Crippen LogP contribution is 2.30. The molecule has 0 aliphatic heterocycles. The SMILES string of the molecule is FC(F)(F)c1cccc(NC(=S)NCCSCc2ccc(Cl)cc2)c1. The van der Waals surface area contributed by atoms with E-state index in [4.69, 9.17) is 23.8 Å². The van der Waals surface area contributed by atoms with E-state index in [0.717, 1.165) is 23.6 Å². The number of thiocarbonyl (C=S) groups is 1. The van der Waals surface area contributed by atoms with Gasteiger partial charge in [0.15, 0.2) is 5.11 Å². The van der Waals surface area contributed by atoms with Crippen LogP contribution in [0, 0.1) is 0 Å². The van der Waals surface area contributed by atoms with Crippen molar-refractivity contribution in [2.75, 3.05) is 17.6 Å². The van der Waals surface area contributed by atoms with Gasteiger partial charge in [0.25, 0.3) is 0 Å². The first-order chi connectivity index (χ1) is 11.8. The fraction of sp³-hybridized carbons (Fsp3) is 0.235. The lowest BCUT2D eigenvalue weighted by Crippen LogP contribution is -2.30. The normalized spacial score (nSPS) is 11.2. The van der Waals surface area contributed by atoms with Crippen LogP contribution in [0.25, 0.3) is 0 Å². The van der Waals surface area contributed by atoms with Crippen molar-refractivity contribution < 1.29 is 13.2 Å². The number of hydrogen-bond acceptors (Lipinski definition) is 2. The molecule has 25 heavy (non-hydrogen) atoms. The molecule has 0 unspecified atom stereocenters. The molecule has 0 aliphatic rings. The van der Waals surface area contributed by atoms with Gasteiger partial charge in [-0.05, 0) is 48.1 Å². The molecule has 0 spiro atoms. The molecule has 0 aliphatic carbocycles. The van der Waals surface area contributed by atoms with Gasteiger partial charge >= 0.3 is 6.18 Å². The summed E-state index contributed by atoms with van der Waals surface area (Å²) in [5.41, 5.74) is 0.777. The molecule has 0 saturated heterocycles. The van der Waals surface area contributed by atoms with Gasteiger partial charge in [0.05, 0.1) is 5.56 Å².